The molecule has 2 fully saturated rings. The molecular weight excluding hydrogens is 429 g/mol. The number of nitroso groups, excluding NO2 is 1. The number of nitrogens with zero attached hydrogens (tertiary/aromatic N) is 3. The van der Waals surface area contributed by atoms with Crippen molar-refractivity contribution in [2.24, 2.45) is 5.18 Å². The van der Waals surface area contributed by atoms with E-state index in [2.05, 4.69) is 58.4 Å². The van der Waals surface area contributed by atoms with E-state index in [0.717, 1.165) is 58.4 Å². The van der Waals surface area contributed by atoms with E-state index in [4.69, 9.17) is 23.2 Å². The molecule has 0 radical (unpaired) electrons. The number of hydrogen-bond acceptors (Lipinski definition) is 4. The lowest BCUT2D eigenvalue weighted by Gasteiger charge is -2.42. The summed E-state index contributed by atoms with van der Waals surface area (Å²) in [4.78, 5) is 16.2. The van der Waals surface area contributed by atoms with Gasteiger partial charge in [-0.05, 0) is 82.2 Å². The average molecular weight is 460 g/mol. The summed E-state index contributed by atoms with van der Waals surface area (Å²) in [6.07, 6.45) is 4.18. The molecule has 2 aromatic carbocycles. The summed E-state index contributed by atoms with van der Waals surface area (Å²) in [5.74, 6) is 0. The Morgan fingerprint density at radius 2 is 1.61 bits per heavy atom. The normalized spacial score (nSPS) is 24.4. The van der Waals surface area contributed by atoms with Crippen LogP contribution in [0.2, 0.25) is 10.0 Å². The van der Waals surface area contributed by atoms with Crippen molar-refractivity contribution in [2.45, 2.75) is 36.5 Å². The van der Waals surface area contributed by atoms with Gasteiger partial charge in [-0.1, -0.05) is 64.8 Å². The maximum atomic E-state index is 11.2. The second kappa shape index (κ2) is 9.58. The van der Waals surface area contributed by atoms with Crippen LogP contribution in [0.15, 0.2) is 53.7 Å². The number of hydrogen-bond donors (Lipinski definition) is 0. The standard InChI is InChI=1S/C25H31Cl2N3O/c1-29-13-9-25(19-29,21-7-8-22(26)23(27)17-21)12-16-30-14-10-24(11-15-30,18-28-31)20-5-3-2-4-6-20/h2-8,17H,9-16,18-19H2,1H3/t25-/m1/s1. The summed E-state index contributed by atoms with van der Waals surface area (Å²) in [7, 11) is 2.20. The number of benzene rings is 2. The largest absolute Gasteiger partial charge is 0.305 e. The van der Waals surface area contributed by atoms with Crippen LogP contribution in [-0.4, -0.2) is 56.1 Å². The van der Waals surface area contributed by atoms with Gasteiger partial charge in [-0.3, -0.25) is 0 Å². The van der Waals surface area contributed by atoms with E-state index in [1.807, 2.05) is 12.1 Å². The minimum atomic E-state index is -0.117. The van der Waals surface area contributed by atoms with Gasteiger partial charge in [0.05, 0.1) is 16.6 Å². The minimum Gasteiger partial charge on any atom is -0.305 e. The molecule has 0 spiro atoms. The van der Waals surface area contributed by atoms with Gasteiger partial charge >= 0.3 is 0 Å². The Morgan fingerprint density at radius 1 is 0.903 bits per heavy atom. The molecule has 0 bridgehead atoms. The summed E-state index contributed by atoms with van der Waals surface area (Å²) < 4.78 is 0. The molecule has 0 unspecified atom stereocenters. The van der Waals surface area contributed by atoms with Crippen molar-refractivity contribution in [1.82, 2.24) is 9.80 Å². The number of rotatable bonds is 7. The van der Waals surface area contributed by atoms with E-state index >= 15 is 0 Å². The van der Waals surface area contributed by atoms with Crippen LogP contribution in [-0.2, 0) is 10.8 Å². The van der Waals surface area contributed by atoms with E-state index < -0.39 is 0 Å². The monoisotopic (exact) mass is 459 g/mol. The average Bonchev–Trinajstić information content (AvgIpc) is 3.18. The van der Waals surface area contributed by atoms with E-state index in [1.165, 1.54) is 11.1 Å². The van der Waals surface area contributed by atoms with Crippen molar-refractivity contribution >= 4 is 23.2 Å². The molecule has 6 heteroatoms. The highest BCUT2D eigenvalue weighted by Crippen LogP contribution is 2.41. The summed E-state index contributed by atoms with van der Waals surface area (Å²) in [6.45, 7) is 5.55. The van der Waals surface area contributed by atoms with E-state index in [1.54, 1.807) is 0 Å². The van der Waals surface area contributed by atoms with E-state index in [9.17, 15) is 4.91 Å². The Kier molecular flexibility index (Phi) is 7.02. The first-order valence-corrected chi connectivity index (χ1v) is 11.9. The van der Waals surface area contributed by atoms with Crippen molar-refractivity contribution in [3.05, 3.63) is 74.6 Å². The fourth-order valence-corrected chi connectivity index (χ4v) is 5.82. The lowest BCUT2D eigenvalue weighted by Crippen LogP contribution is -2.46. The summed E-state index contributed by atoms with van der Waals surface area (Å²) >= 11 is 12.6. The molecule has 2 aliphatic heterocycles. The third-order valence-corrected chi connectivity index (χ3v) is 8.29. The van der Waals surface area contributed by atoms with Crippen LogP contribution in [0.25, 0.3) is 0 Å². The number of likely N-dealkylation sites (tertiary alicyclic amines) is 2. The molecule has 2 aromatic rings. The van der Waals surface area contributed by atoms with Crippen LogP contribution in [0.3, 0.4) is 0 Å². The Morgan fingerprint density at radius 3 is 2.23 bits per heavy atom. The van der Waals surface area contributed by atoms with Gasteiger partial charge in [-0.15, -0.1) is 0 Å². The predicted molar refractivity (Wildman–Crippen MR) is 129 cm³/mol. The molecule has 1 atom stereocenters. The van der Waals surface area contributed by atoms with Gasteiger partial charge < -0.3 is 9.80 Å². The van der Waals surface area contributed by atoms with Gasteiger partial charge in [0.15, 0.2) is 0 Å². The Labute approximate surface area is 195 Å². The molecule has 166 valence electrons. The summed E-state index contributed by atoms with van der Waals surface area (Å²) in [5.41, 5.74) is 2.54. The molecule has 4 rings (SSSR count). The predicted octanol–water partition coefficient (Wildman–Crippen LogP) is 5.76. The molecular formula is C25H31Cl2N3O. The fraction of sp³-hybridized carbons (Fsp3) is 0.520. The lowest BCUT2D eigenvalue weighted by atomic mass is 9.72. The quantitative estimate of drug-likeness (QED) is 0.493. The van der Waals surface area contributed by atoms with Gasteiger partial charge in [0, 0.05) is 17.4 Å². The number of halogens is 2. The van der Waals surface area contributed by atoms with Crippen LogP contribution in [0.1, 0.15) is 36.8 Å². The SMILES string of the molecule is CN1CC[C@](CCN2CCC(CN=O)(c3ccccc3)CC2)(c2ccc(Cl)c(Cl)c2)C1. The third-order valence-electron chi connectivity index (χ3n) is 7.55. The molecule has 2 heterocycles. The van der Waals surface area contributed by atoms with Gasteiger partial charge in [0.25, 0.3) is 0 Å². The van der Waals surface area contributed by atoms with Crippen molar-refractivity contribution in [1.29, 1.82) is 0 Å². The molecule has 2 aliphatic rings. The van der Waals surface area contributed by atoms with Crippen LogP contribution in [0.4, 0.5) is 0 Å². The molecule has 0 amide bonds. The molecule has 31 heavy (non-hydrogen) atoms. The highest BCUT2D eigenvalue weighted by molar-refractivity contribution is 6.42. The van der Waals surface area contributed by atoms with Gasteiger partial charge in [-0.25, -0.2) is 0 Å². The maximum Gasteiger partial charge on any atom is 0.0908 e. The first-order chi connectivity index (χ1) is 15.0. The molecule has 4 nitrogen and oxygen atoms in total. The Bertz CT molecular complexity index is 899. The zero-order chi connectivity index (χ0) is 21.9. The van der Waals surface area contributed by atoms with Crippen molar-refractivity contribution in [2.75, 3.05) is 46.3 Å². The summed E-state index contributed by atoms with van der Waals surface area (Å²) in [5, 5.41) is 4.57. The molecule has 0 aliphatic carbocycles. The molecule has 2 saturated heterocycles. The second-order valence-electron chi connectivity index (χ2n) is 9.42. The van der Waals surface area contributed by atoms with Gasteiger partial charge in [0.2, 0.25) is 0 Å². The van der Waals surface area contributed by atoms with E-state index in [-0.39, 0.29) is 10.8 Å². The van der Waals surface area contributed by atoms with Crippen molar-refractivity contribution in [3.63, 3.8) is 0 Å². The lowest BCUT2D eigenvalue weighted by molar-refractivity contribution is 0.149. The second-order valence-corrected chi connectivity index (χ2v) is 10.2. The Hall–Kier alpha value is -1.46. The van der Waals surface area contributed by atoms with Gasteiger partial charge in [0.1, 0.15) is 0 Å². The first kappa shape index (κ1) is 22.7. The van der Waals surface area contributed by atoms with E-state index in [0.29, 0.717) is 16.6 Å². The van der Waals surface area contributed by atoms with Crippen LogP contribution >= 0.6 is 23.2 Å². The van der Waals surface area contributed by atoms with Crippen LogP contribution in [0, 0.1) is 4.91 Å². The number of piperidine rings is 1. The summed E-state index contributed by atoms with van der Waals surface area (Å²) in [6, 6.07) is 16.6. The maximum absolute atomic E-state index is 11.2. The highest BCUT2D eigenvalue weighted by Gasteiger charge is 2.40. The fourth-order valence-electron chi connectivity index (χ4n) is 5.52. The first-order valence-electron chi connectivity index (χ1n) is 11.2. The smallest absolute Gasteiger partial charge is 0.0908 e. The zero-order valence-electron chi connectivity index (χ0n) is 18.2. The minimum absolute atomic E-state index is 0.112. The van der Waals surface area contributed by atoms with Gasteiger partial charge in [-0.2, -0.15) is 4.91 Å². The van der Waals surface area contributed by atoms with Crippen molar-refractivity contribution in [3.8, 4) is 0 Å². The zero-order valence-corrected chi connectivity index (χ0v) is 19.7. The van der Waals surface area contributed by atoms with Crippen LogP contribution < -0.4 is 0 Å². The topological polar surface area (TPSA) is 35.9 Å². The highest BCUT2D eigenvalue weighted by atomic mass is 35.5. The molecule has 0 aromatic heterocycles. The number of likely N-dealkylation sites (N-methyl/N-ethyl adjacent to an activating group) is 1. The van der Waals surface area contributed by atoms with Crippen molar-refractivity contribution < 1.29 is 0 Å². The molecule has 0 saturated carbocycles. The Balaban J connectivity index is 1.45. The molecule has 0 N–H and O–H groups in total. The van der Waals surface area contributed by atoms with Crippen LogP contribution in [0.5, 0.6) is 0 Å². The third kappa shape index (κ3) is 4.83.